The second-order valence-corrected chi connectivity index (χ2v) is 11.0. The number of esters is 1. The molecular weight excluding hydrogens is 492 g/mol. The number of hydrogen-bond donors (Lipinski definition) is 1. The van der Waals surface area contributed by atoms with E-state index in [4.69, 9.17) is 4.74 Å². The zero-order chi connectivity index (χ0) is 27.3. The van der Waals surface area contributed by atoms with Crippen molar-refractivity contribution in [2.24, 2.45) is 23.7 Å². The minimum atomic E-state index is -0.698. The van der Waals surface area contributed by atoms with E-state index in [2.05, 4.69) is 17.4 Å². The molecule has 0 radical (unpaired) electrons. The van der Waals surface area contributed by atoms with E-state index in [1.807, 2.05) is 50.2 Å². The van der Waals surface area contributed by atoms with Gasteiger partial charge >= 0.3 is 5.97 Å². The molecule has 2 aliphatic carbocycles. The molecule has 0 unspecified atom stereocenters. The minimum absolute atomic E-state index is 0.146. The zero-order valence-electron chi connectivity index (χ0n) is 21.9. The van der Waals surface area contributed by atoms with Crippen molar-refractivity contribution in [1.29, 1.82) is 0 Å². The number of carbonyl (C=O) groups excluding carboxylic acids is 4. The molecule has 7 heteroatoms. The maximum absolute atomic E-state index is 13.6. The number of ether oxygens (including phenoxy) is 1. The number of nitrogens with one attached hydrogen (secondary N) is 1. The van der Waals surface area contributed by atoms with Crippen molar-refractivity contribution < 1.29 is 23.9 Å². The summed E-state index contributed by atoms with van der Waals surface area (Å²) in [6, 6.07) is 22.3. The van der Waals surface area contributed by atoms with Crippen LogP contribution in [0.4, 0.5) is 11.4 Å². The number of aryl methyl sites for hydroxylation is 2. The van der Waals surface area contributed by atoms with Crippen molar-refractivity contribution in [3.63, 3.8) is 0 Å². The second-order valence-electron chi connectivity index (χ2n) is 11.0. The van der Waals surface area contributed by atoms with Gasteiger partial charge in [0.2, 0.25) is 11.8 Å². The molecule has 39 heavy (non-hydrogen) atoms. The Kier molecular flexibility index (Phi) is 6.29. The van der Waals surface area contributed by atoms with Crippen LogP contribution in [0.3, 0.4) is 0 Å². The number of fused-ring (bicyclic) bond motifs is 5. The highest BCUT2D eigenvalue weighted by Gasteiger charge is 2.64. The Hall–Kier alpha value is -4.26. The number of carbonyl (C=O) groups is 4. The van der Waals surface area contributed by atoms with Crippen LogP contribution in [0.25, 0.3) is 0 Å². The van der Waals surface area contributed by atoms with Gasteiger partial charge in [0.15, 0.2) is 6.61 Å². The van der Waals surface area contributed by atoms with Gasteiger partial charge in [-0.1, -0.05) is 48.5 Å². The number of rotatable bonds is 6. The first-order valence-corrected chi connectivity index (χ1v) is 13.4. The van der Waals surface area contributed by atoms with Gasteiger partial charge in [-0.15, -0.1) is 0 Å². The van der Waals surface area contributed by atoms with Crippen LogP contribution in [0.15, 0.2) is 72.8 Å². The first-order valence-electron chi connectivity index (χ1n) is 13.4. The molecule has 3 fully saturated rings. The van der Waals surface area contributed by atoms with E-state index in [1.54, 1.807) is 18.2 Å². The molecule has 3 amide bonds. The molecule has 1 heterocycles. The molecule has 1 N–H and O–H groups in total. The maximum Gasteiger partial charge on any atom is 0.338 e. The van der Waals surface area contributed by atoms with E-state index in [0.29, 0.717) is 11.4 Å². The van der Waals surface area contributed by atoms with Gasteiger partial charge in [0.1, 0.15) is 0 Å². The summed E-state index contributed by atoms with van der Waals surface area (Å²) in [7, 11) is 0. The van der Waals surface area contributed by atoms with Crippen molar-refractivity contribution in [3.05, 3.63) is 95.1 Å². The Morgan fingerprint density at radius 1 is 0.897 bits per heavy atom. The smallest absolute Gasteiger partial charge is 0.338 e. The molecule has 0 spiro atoms. The van der Waals surface area contributed by atoms with Crippen molar-refractivity contribution in [1.82, 2.24) is 0 Å². The van der Waals surface area contributed by atoms with Crippen molar-refractivity contribution >= 4 is 35.1 Å². The van der Waals surface area contributed by atoms with E-state index in [-0.39, 0.29) is 47.0 Å². The third kappa shape index (κ3) is 4.42. The first kappa shape index (κ1) is 25.0. The standard InChI is InChI=1S/C32H30N2O5/c1-18-11-12-19(2)26(13-18)33-27(35)17-39-32(38)21-9-6-10-23(14-21)34-30(36)28-22-15-24(20-7-4-3-5-8-20)25(16-22)29(28)31(34)37/h3-14,22,24-25,28-29H,15-17H2,1-2H3,(H,33,35)/t22-,24+,25+,28+,29+/m0/s1. The highest BCUT2D eigenvalue weighted by molar-refractivity contribution is 6.23. The molecule has 5 atom stereocenters. The molecule has 3 aromatic carbocycles. The summed E-state index contributed by atoms with van der Waals surface area (Å²) in [5.41, 5.74) is 4.34. The van der Waals surface area contributed by atoms with Gasteiger partial charge in [0.05, 0.1) is 23.1 Å². The lowest BCUT2D eigenvalue weighted by atomic mass is 9.73. The zero-order valence-corrected chi connectivity index (χ0v) is 21.9. The van der Waals surface area contributed by atoms with Crippen LogP contribution >= 0.6 is 0 Å². The highest BCUT2D eigenvalue weighted by Crippen LogP contribution is 2.61. The van der Waals surface area contributed by atoms with Gasteiger partial charge in [-0.25, -0.2) is 4.79 Å². The molecule has 2 bridgehead atoms. The Morgan fingerprint density at radius 2 is 1.67 bits per heavy atom. The van der Waals surface area contributed by atoms with Crippen LogP contribution in [-0.4, -0.2) is 30.3 Å². The molecule has 3 aliphatic rings. The molecule has 2 saturated carbocycles. The highest BCUT2D eigenvalue weighted by atomic mass is 16.5. The van der Waals surface area contributed by atoms with Gasteiger partial charge in [-0.2, -0.15) is 0 Å². The molecule has 7 nitrogen and oxygen atoms in total. The molecule has 0 aromatic heterocycles. The molecule has 1 saturated heterocycles. The summed E-state index contributed by atoms with van der Waals surface area (Å²) in [6.45, 7) is 3.36. The Balaban J connectivity index is 1.14. The van der Waals surface area contributed by atoms with Crippen molar-refractivity contribution in [2.45, 2.75) is 32.6 Å². The average Bonchev–Trinajstić information content (AvgIpc) is 3.61. The second kappa shape index (κ2) is 9.80. The largest absolute Gasteiger partial charge is 0.452 e. The maximum atomic E-state index is 13.6. The summed E-state index contributed by atoms with van der Waals surface area (Å²) < 4.78 is 5.25. The lowest BCUT2D eigenvalue weighted by Gasteiger charge is -2.28. The van der Waals surface area contributed by atoms with E-state index >= 15 is 0 Å². The van der Waals surface area contributed by atoms with Crippen LogP contribution in [-0.2, 0) is 19.1 Å². The third-order valence-electron chi connectivity index (χ3n) is 8.58. The number of nitrogens with zero attached hydrogens (tertiary/aromatic N) is 1. The van der Waals surface area contributed by atoms with E-state index in [0.717, 1.165) is 24.0 Å². The summed E-state index contributed by atoms with van der Waals surface area (Å²) >= 11 is 0. The topological polar surface area (TPSA) is 92.8 Å². The van der Waals surface area contributed by atoms with Crippen molar-refractivity contribution in [3.8, 4) is 0 Å². The van der Waals surface area contributed by atoms with Gasteiger partial charge < -0.3 is 10.1 Å². The molecule has 198 valence electrons. The minimum Gasteiger partial charge on any atom is -0.452 e. The normalized spacial score (nSPS) is 25.1. The number of amides is 3. The molecule has 1 aliphatic heterocycles. The van der Waals surface area contributed by atoms with E-state index in [1.165, 1.54) is 16.5 Å². The summed E-state index contributed by atoms with van der Waals surface area (Å²) in [5, 5.41) is 2.76. The first-order chi connectivity index (χ1) is 18.8. The number of anilines is 2. The fourth-order valence-electron chi connectivity index (χ4n) is 6.84. The van der Waals surface area contributed by atoms with E-state index in [9.17, 15) is 19.2 Å². The summed E-state index contributed by atoms with van der Waals surface area (Å²) in [6.07, 6.45) is 1.82. The van der Waals surface area contributed by atoms with Gasteiger partial charge in [-0.3, -0.25) is 19.3 Å². The van der Waals surface area contributed by atoms with Crippen LogP contribution in [0.1, 0.15) is 45.8 Å². The quantitative estimate of drug-likeness (QED) is 0.362. The van der Waals surface area contributed by atoms with Gasteiger partial charge in [0, 0.05) is 5.69 Å². The van der Waals surface area contributed by atoms with Gasteiger partial charge in [-0.05, 0) is 85.4 Å². The number of benzene rings is 3. The Bertz CT molecular complexity index is 1480. The van der Waals surface area contributed by atoms with Crippen molar-refractivity contribution in [2.75, 3.05) is 16.8 Å². The predicted octanol–water partition coefficient (Wildman–Crippen LogP) is 5.03. The molecule has 3 aromatic rings. The SMILES string of the molecule is Cc1ccc(C)c(NC(=O)COC(=O)c2cccc(N3C(=O)[C@@H]4[C@@H]5C[C@@H]([C@H]4C3=O)[C@@H](c3ccccc3)C5)c2)c1. The van der Waals surface area contributed by atoms with E-state index < -0.39 is 18.5 Å². The van der Waals surface area contributed by atoms with Gasteiger partial charge in [0.25, 0.3) is 5.91 Å². The Labute approximate surface area is 227 Å². The Morgan fingerprint density at radius 3 is 2.46 bits per heavy atom. The average molecular weight is 523 g/mol. The number of hydrogen-bond acceptors (Lipinski definition) is 5. The summed E-state index contributed by atoms with van der Waals surface area (Å²) in [5.74, 6) is -1.52. The predicted molar refractivity (Wildman–Crippen MR) is 146 cm³/mol. The van der Waals surface area contributed by atoms with Crippen LogP contribution in [0.2, 0.25) is 0 Å². The monoisotopic (exact) mass is 522 g/mol. The molecule has 6 rings (SSSR count). The fourth-order valence-corrected chi connectivity index (χ4v) is 6.84. The van der Waals surface area contributed by atoms with Crippen LogP contribution in [0.5, 0.6) is 0 Å². The number of imide groups is 1. The lowest BCUT2D eigenvalue weighted by Crippen LogP contribution is -2.33. The van der Waals surface area contributed by atoms with Crippen LogP contribution in [0, 0.1) is 37.5 Å². The lowest BCUT2D eigenvalue weighted by molar-refractivity contribution is -0.123. The third-order valence-corrected chi connectivity index (χ3v) is 8.58. The fraction of sp³-hybridized carbons (Fsp3) is 0.312. The summed E-state index contributed by atoms with van der Waals surface area (Å²) in [4.78, 5) is 53.5. The molecular formula is C32H30N2O5. The van der Waals surface area contributed by atoms with Crippen LogP contribution < -0.4 is 10.2 Å².